The van der Waals surface area contributed by atoms with Crippen LogP contribution in [0.3, 0.4) is 0 Å². The number of carbonyl (C=O) groups is 6. The van der Waals surface area contributed by atoms with E-state index in [-0.39, 0.29) is 25.0 Å². The number of carboxylic acids is 3. The van der Waals surface area contributed by atoms with Gasteiger partial charge in [-0.1, -0.05) is 12.1 Å². The second-order valence-electron chi connectivity index (χ2n) is 7.58. The van der Waals surface area contributed by atoms with Crippen molar-refractivity contribution in [3.8, 4) is 5.75 Å². The number of rotatable bonds is 15. The van der Waals surface area contributed by atoms with Gasteiger partial charge in [0.05, 0.1) is 6.04 Å². The second kappa shape index (κ2) is 14.1. The van der Waals surface area contributed by atoms with Crippen LogP contribution >= 0.6 is 0 Å². The Morgan fingerprint density at radius 1 is 0.743 bits per heavy atom. The molecule has 0 fully saturated rings. The summed E-state index contributed by atoms with van der Waals surface area (Å²) in [4.78, 5) is 70.1. The third-order valence-corrected chi connectivity index (χ3v) is 4.70. The molecule has 14 heteroatoms. The maximum absolute atomic E-state index is 12.8. The summed E-state index contributed by atoms with van der Waals surface area (Å²) in [5, 5.41) is 42.5. The monoisotopic (exact) mass is 496 g/mol. The fourth-order valence-electron chi connectivity index (χ4n) is 2.89. The molecule has 0 bridgehead atoms. The summed E-state index contributed by atoms with van der Waals surface area (Å²) in [6.07, 6.45) is -1.75. The molecular formula is C21H28N4O10. The first kappa shape index (κ1) is 28.8. The predicted molar refractivity (Wildman–Crippen MR) is 118 cm³/mol. The quantitative estimate of drug-likeness (QED) is 0.134. The number of carboxylic acid groups (broad SMARTS) is 3. The number of phenols is 1. The molecule has 0 radical (unpaired) electrons. The van der Waals surface area contributed by atoms with E-state index in [1.54, 1.807) is 12.1 Å². The molecule has 3 amide bonds. The van der Waals surface area contributed by atoms with Crippen molar-refractivity contribution in [3.05, 3.63) is 29.8 Å². The van der Waals surface area contributed by atoms with Crippen molar-refractivity contribution in [1.82, 2.24) is 16.0 Å². The van der Waals surface area contributed by atoms with Gasteiger partial charge in [-0.05, 0) is 37.0 Å². The summed E-state index contributed by atoms with van der Waals surface area (Å²) in [6, 6.07) is 1.86. The van der Waals surface area contributed by atoms with Crippen LogP contribution in [0.2, 0.25) is 0 Å². The molecule has 0 saturated carbocycles. The van der Waals surface area contributed by atoms with E-state index in [2.05, 4.69) is 10.6 Å². The number of nitrogens with one attached hydrogen (secondary N) is 3. The minimum Gasteiger partial charge on any atom is -0.508 e. The summed E-state index contributed by atoms with van der Waals surface area (Å²) in [7, 11) is 0. The fourth-order valence-corrected chi connectivity index (χ4v) is 2.89. The van der Waals surface area contributed by atoms with Crippen LogP contribution in [0.4, 0.5) is 0 Å². The SMILES string of the molecule is N[C@@H](Cc1ccc(O)cc1)C(=O)N[C@@H](CCC(=O)O)C(=O)N[C@@H](CCC(=O)O)C(=O)NCC(=O)O. The molecule has 0 aromatic heterocycles. The van der Waals surface area contributed by atoms with E-state index >= 15 is 0 Å². The fraction of sp³-hybridized carbons (Fsp3) is 0.429. The molecule has 0 heterocycles. The number of amides is 3. The molecule has 14 nitrogen and oxygen atoms in total. The van der Waals surface area contributed by atoms with E-state index in [1.807, 2.05) is 5.32 Å². The van der Waals surface area contributed by atoms with Crippen molar-refractivity contribution in [2.75, 3.05) is 6.54 Å². The van der Waals surface area contributed by atoms with Gasteiger partial charge in [0.25, 0.3) is 0 Å². The number of benzene rings is 1. The Bertz CT molecular complexity index is 935. The van der Waals surface area contributed by atoms with Crippen LogP contribution in [-0.4, -0.2) is 80.7 Å². The van der Waals surface area contributed by atoms with Gasteiger partial charge in [0, 0.05) is 12.8 Å². The van der Waals surface area contributed by atoms with E-state index in [0.29, 0.717) is 5.56 Å². The summed E-state index contributed by atoms with van der Waals surface area (Å²) in [5.41, 5.74) is 6.49. The molecule has 0 aliphatic rings. The Kier molecular flexibility index (Phi) is 11.7. The lowest BCUT2D eigenvalue weighted by molar-refractivity contribution is -0.140. The van der Waals surface area contributed by atoms with Crippen molar-refractivity contribution in [1.29, 1.82) is 0 Å². The number of aliphatic carboxylic acids is 3. The number of aromatic hydroxyl groups is 1. The van der Waals surface area contributed by atoms with E-state index in [9.17, 15) is 33.9 Å². The van der Waals surface area contributed by atoms with Gasteiger partial charge in [0.2, 0.25) is 17.7 Å². The minimum atomic E-state index is -1.45. The molecule has 0 spiro atoms. The Hall–Kier alpha value is -4.20. The molecule has 3 atom stereocenters. The van der Waals surface area contributed by atoms with Gasteiger partial charge in [0.1, 0.15) is 24.4 Å². The van der Waals surface area contributed by atoms with Gasteiger partial charge >= 0.3 is 17.9 Å². The van der Waals surface area contributed by atoms with Crippen LogP contribution in [0.25, 0.3) is 0 Å². The number of carbonyl (C=O) groups excluding carboxylic acids is 3. The summed E-state index contributed by atoms with van der Waals surface area (Å²) in [6.45, 7) is -0.774. The lowest BCUT2D eigenvalue weighted by Crippen LogP contribution is -2.56. The van der Waals surface area contributed by atoms with Crippen LogP contribution in [0, 0.1) is 0 Å². The highest BCUT2D eigenvalue weighted by molar-refractivity contribution is 5.94. The van der Waals surface area contributed by atoms with Crippen LogP contribution in [-0.2, 0) is 35.2 Å². The highest BCUT2D eigenvalue weighted by atomic mass is 16.4. The molecule has 35 heavy (non-hydrogen) atoms. The predicted octanol–water partition coefficient (Wildman–Crippen LogP) is -1.84. The third-order valence-electron chi connectivity index (χ3n) is 4.70. The standard InChI is InChI=1S/C21H28N4O10/c22-13(9-11-1-3-12(26)4-2-11)19(33)24-15(6-8-17(29)30)21(35)25-14(5-7-16(27)28)20(34)23-10-18(31)32/h1-4,13-15,26H,5-10,22H2,(H,23,34)(H,24,33)(H,25,35)(H,27,28)(H,29,30)(H,31,32)/t13-,14-,15-/m0/s1. The molecule has 192 valence electrons. The first-order chi connectivity index (χ1) is 16.4. The third kappa shape index (κ3) is 11.5. The highest BCUT2D eigenvalue weighted by Crippen LogP contribution is 2.11. The van der Waals surface area contributed by atoms with Gasteiger partial charge in [-0.3, -0.25) is 28.8 Å². The van der Waals surface area contributed by atoms with Crippen LogP contribution in [0.15, 0.2) is 24.3 Å². The maximum atomic E-state index is 12.8. The van der Waals surface area contributed by atoms with Crippen LogP contribution in [0.5, 0.6) is 5.75 Å². The first-order valence-electron chi connectivity index (χ1n) is 10.5. The van der Waals surface area contributed by atoms with Gasteiger partial charge in [-0.2, -0.15) is 0 Å². The van der Waals surface area contributed by atoms with E-state index in [0.717, 1.165) is 0 Å². The smallest absolute Gasteiger partial charge is 0.322 e. The Morgan fingerprint density at radius 3 is 1.71 bits per heavy atom. The van der Waals surface area contributed by atoms with Gasteiger partial charge in [-0.15, -0.1) is 0 Å². The number of nitrogens with two attached hydrogens (primary N) is 1. The van der Waals surface area contributed by atoms with Crippen LogP contribution < -0.4 is 21.7 Å². The lowest BCUT2D eigenvalue weighted by atomic mass is 10.0. The molecule has 9 N–H and O–H groups in total. The first-order valence-corrected chi connectivity index (χ1v) is 10.5. The molecule has 0 saturated heterocycles. The number of hydrogen-bond acceptors (Lipinski definition) is 8. The summed E-state index contributed by atoms with van der Waals surface area (Å²) >= 11 is 0. The Balaban J connectivity index is 2.92. The summed E-state index contributed by atoms with van der Waals surface area (Å²) in [5.74, 6) is -6.61. The van der Waals surface area contributed by atoms with Crippen molar-refractivity contribution in [3.63, 3.8) is 0 Å². The van der Waals surface area contributed by atoms with Crippen molar-refractivity contribution in [2.45, 2.75) is 50.2 Å². The lowest BCUT2D eigenvalue weighted by Gasteiger charge is -2.23. The number of phenolic OH excluding ortho intramolecular Hbond substituents is 1. The van der Waals surface area contributed by atoms with Gasteiger partial charge < -0.3 is 42.1 Å². The van der Waals surface area contributed by atoms with Crippen molar-refractivity contribution >= 4 is 35.6 Å². The summed E-state index contributed by atoms with van der Waals surface area (Å²) < 4.78 is 0. The molecule has 1 aromatic rings. The van der Waals surface area contributed by atoms with Crippen molar-refractivity contribution in [2.24, 2.45) is 5.73 Å². The Morgan fingerprint density at radius 2 is 1.23 bits per heavy atom. The zero-order valence-electron chi connectivity index (χ0n) is 18.6. The Labute approximate surface area is 199 Å². The average molecular weight is 496 g/mol. The van der Waals surface area contributed by atoms with E-state index in [1.165, 1.54) is 12.1 Å². The van der Waals surface area contributed by atoms with E-state index < -0.39 is 73.1 Å². The molecule has 1 rings (SSSR count). The molecule has 0 unspecified atom stereocenters. The molecule has 1 aromatic carbocycles. The highest BCUT2D eigenvalue weighted by Gasteiger charge is 2.29. The zero-order chi connectivity index (χ0) is 26.5. The topological polar surface area (TPSA) is 245 Å². The number of hydrogen-bond donors (Lipinski definition) is 8. The molecule has 0 aliphatic heterocycles. The van der Waals surface area contributed by atoms with Gasteiger partial charge in [0.15, 0.2) is 0 Å². The average Bonchev–Trinajstić information content (AvgIpc) is 2.78. The minimum absolute atomic E-state index is 0.0158. The molecular weight excluding hydrogens is 468 g/mol. The largest absolute Gasteiger partial charge is 0.508 e. The van der Waals surface area contributed by atoms with Gasteiger partial charge in [-0.25, -0.2) is 0 Å². The van der Waals surface area contributed by atoms with Crippen molar-refractivity contribution < 1.29 is 49.2 Å². The van der Waals surface area contributed by atoms with E-state index in [4.69, 9.17) is 21.1 Å². The second-order valence-corrected chi connectivity index (χ2v) is 7.58. The normalized spacial score (nSPS) is 13.1. The molecule has 0 aliphatic carbocycles. The maximum Gasteiger partial charge on any atom is 0.322 e. The van der Waals surface area contributed by atoms with Crippen LogP contribution in [0.1, 0.15) is 31.2 Å². The zero-order valence-corrected chi connectivity index (χ0v) is 18.6.